The smallest absolute Gasteiger partial charge is 0.167 e. The molecule has 4 rings (SSSR count). The summed E-state index contributed by atoms with van der Waals surface area (Å²) < 4.78 is 15.3. The van der Waals surface area contributed by atoms with Gasteiger partial charge in [0.1, 0.15) is 0 Å². The molecule has 0 atom stereocenters. The maximum Gasteiger partial charge on any atom is 0.167 e. The Bertz CT molecular complexity index is 944. The summed E-state index contributed by atoms with van der Waals surface area (Å²) in [7, 11) is 0. The molecule has 3 aromatic rings. The molecule has 2 heterocycles. The normalized spacial score (nSPS) is 14.0. The molecule has 1 aromatic heterocycles. The van der Waals surface area contributed by atoms with E-state index in [2.05, 4.69) is 22.1 Å². The van der Waals surface area contributed by atoms with Gasteiger partial charge in [-0.05, 0) is 37.1 Å². The second-order valence-electron chi connectivity index (χ2n) is 6.37. The molecule has 0 unspecified atom stereocenters. The molecule has 6 heteroatoms. The third kappa shape index (κ3) is 2.94. The number of carbonyl (C=O) groups excluding carboxylic acids is 1. The van der Waals surface area contributed by atoms with E-state index in [-0.39, 0.29) is 5.56 Å². The molecule has 1 aliphatic rings. The Morgan fingerprint density at radius 2 is 1.77 bits per heavy atom. The second kappa shape index (κ2) is 6.63. The Balaban J connectivity index is 1.62. The Hall–Kier alpha value is -3.15. The van der Waals surface area contributed by atoms with E-state index < -0.39 is 11.6 Å². The van der Waals surface area contributed by atoms with Crippen LogP contribution in [-0.2, 0) is 0 Å². The van der Waals surface area contributed by atoms with Crippen molar-refractivity contribution in [2.24, 2.45) is 0 Å². The van der Waals surface area contributed by atoms with Gasteiger partial charge in [-0.25, -0.2) is 9.07 Å². The minimum absolute atomic E-state index is 0.105. The van der Waals surface area contributed by atoms with E-state index in [1.807, 2.05) is 18.2 Å². The Morgan fingerprint density at radius 3 is 2.46 bits per heavy atom. The molecule has 0 radical (unpaired) electrons. The maximum absolute atomic E-state index is 13.8. The van der Waals surface area contributed by atoms with Gasteiger partial charge < -0.3 is 10.0 Å². The molecule has 1 saturated heterocycles. The van der Waals surface area contributed by atoms with Crippen molar-refractivity contribution in [3.05, 3.63) is 60.0 Å². The molecule has 1 fully saturated rings. The van der Waals surface area contributed by atoms with Gasteiger partial charge in [-0.3, -0.25) is 4.79 Å². The number of aromatic hydroxyl groups is 1. The van der Waals surface area contributed by atoms with Gasteiger partial charge in [-0.1, -0.05) is 12.1 Å². The number of rotatable bonds is 4. The average molecular weight is 351 g/mol. The van der Waals surface area contributed by atoms with E-state index in [1.54, 1.807) is 6.20 Å². The highest BCUT2D eigenvalue weighted by Crippen LogP contribution is 2.27. The van der Waals surface area contributed by atoms with Crippen molar-refractivity contribution in [3.8, 4) is 22.7 Å². The van der Waals surface area contributed by atoms with E-state index in [0.29, 0.717) is 12.0 Å². The molecule has 1 aliphatic heterocycles. The molecule has 2 aromatic carbocycles. The highest BCUT2D eigenvalue weighted by atomic mass is 19.1. The predicted octanol–water partition coefficient (Wildman–Crippen LogP) is 3.80. The van der Waals surface area contributed by atoms with Gasteiger partial charge in [0.2, 0.25) is 0 Å². The van der Waals surface area contributed by atoms with E-state index in [0.717, 1.165) is 30.4 Å². The number of hydrogen-bond donors (Lipinski definition) is 1. The van der Waals surface area contributed by atoms with E-state index >= 15 is 0 Å². The molecule has 1 N–H and O–H groups in total. The quantitative estimate of drug-likeness (QED) is 0.727. The zero-order valence-corrected chi connectivity index (χ0v) is 14.1. The topological polar surface area (TPSA) is 58.4 Å². The van der Waals surface area contributed by atoms with Crippen LogP contribution in [0, 0.1) is 5.82 Å². The van der Waals surface area contributed by atoms with Crippen LogP contribution in [0.3, 0.4) is 0 Å². The van der Waals surface area contributed by atoms with Crippen LogP contribution < -0.4 is 4.90 Å². The SMILES string of the molecule is O=Cc1cc(-n2ccc(-c3ccc(N4CCCC4)cc3)n2)cc(F)c1O. The Kier molecular flexibility index (Phi) is 4.16. The van der Waals surface area contributed by atoms with Crippen LogP contribution in [0.25, 0.3) is 16.9 Å². The minimum atomic E-state index is -0.850. The number of hydrogen-bond acceptors (Lipinski definition) is 4. The van der Waals surface area contributed by atoms with Crippen LogP contribution in [0.4, 0.5) is 10.1 Å². The van der Waals surface area contributed by atoms with Crippen LogP contribution in [0.15, 0.2) is 48.7 Å². The van der Waals surface area contributed by atoms with Gasteiger partial charge in [-0.2, -0.15) is 5.10 Å². The number of carbonyl (C=O) groups is 1. The fraction of sp³-hybridized carbons (Fsp3) is 0.200. The number of aldehydes is 1. The Labute approximate surface area is 150 Å². The molecular weight excluding hydrogens is 333 g/mol. The van der Waals surface area contributed by atoms with Crippen molar-refractivity contribution >= 4 is 12.0 Å². The first-order valence-electron chi connectivity index (χ1n) is 8.55. The summed E-state index contributed by atoms with van der Waals surface area (Å²) in [4.78, 5) is 13.3. The number of halogens is 1. The van der Waals surface area contributed by atoms with Crippen molar-refractivity contribution in [2.45, 2.75) is 12.8 Å². The maximum atomic E-state index is 13.8. The summed E-state index contributed by atoms with van der Waals surface area (Å²) in [6.45, 7) is 2.19. The number of anilines is 1. The minimum Gasteiger partial charge on any atom is -0.504 e. The van der Waals surface area contributed by atoms with Crippen LogP contribution in [0.2, 0.25) is 0 Å². The molecule has 26 heavy (non-hydrogen) atoms. The first-order chi connectivity index (χ1) is 12.7. The number of benzene rings is 2. The van der Waals surface area contributed by atoms with Gasteiger partial charge in [0.25, 0.3) is 0 Å². The third-order valence-electron chi connectivity index (χ3n) is 4.69. The van der Waals surface area contributed by atoms with Gasteiger partial charge in [-0.15, -0.1) is 0 Å². The van der Waals surface area contributed by atoms with E-state index in [4.69, 9.17) is 0 Å². The molecule has 0 spiro atoms. The van der Waals surface area contributed by atoms with Crippen molar-refractivity contribution in [3.63, 3.8) is 0 Å². The summed E-state index contributed by atoms with van der Waals surface area (Å²) in [5, 5.41) is 14.0. The summed E-state index contributed by atoms with van der Waals surface area (Å²) in [5.41, 5.74) is 3.19. The lowest BCUT2D eigenvalue weighted by molar-refractivity contribution is 0.112. The first-order valence-corrected chi connectivity index (χ1v) is 8.55. The third-order valence-corrected chi connectivity index (χ3v) is 4.69. The highest BCUT2D eigenvalue weighted by molar-refractivity contribution is 5.80. The number of phenols is 1. The molecule has 132 valence electrons. The fourth-order valence-electron chi connectivity index (χ4n) is 3.27. The zero-order valence-electron chi connectivity index (χ0n) is 14.1. The molecule has 5 nitrogen and oxygen atoms in total. The molecule has 0 aliphatic carbocycles. The summed E-state index contributed by atoms with van der Waals surface area (Å²) >= 11 is 0. The van der Waals surface area contributed by atoms with Crippen molar-refractivity contribution in [2.75, 3.05) is 18.0 Å². The van der Waals surface area contributed by atoms with Crippen LogP contribution >= 0.6 is 0 Å². The molecule has 0 amide bonds. The highest BCUT2D eigenvalue weighted by Gasteiger charge is 2.14. The van der Waals surface area contributed by atoms with Crippen LogP contribution in [0.5, 0.6) is 5.75 Å². The summed E-state index contributed by atoms with van der Waals surface area (Å²) in [6.07, 6.45) is 4.59. The largest absolute Gasteiger partial charge is 0.504 e. The number of phenolic OH excluding ortho intramolecular Hbond substituents is 1. The monoisotopic (exact) mass is 351 g/mol. The lowest BCUT2D eigenvalue weighted by atomic mass is 10.1. The molecule has 0 bridgehead atoms. The lowest BCUT2D eigenvalue weighted by Gasteiger charge is -2.17. The number of aromatic nitrogens is 2. The van der Waals surface area contributed by atoms with Crippen molar-refractivity contribution < 1.29 is 14.3 Å². The summed E-state index contributed by atoms with van der Waals surface area (Å²) in [6, 6.07) is 12.6. The van der Waals surface area contributed by atoms with Gasteiger partial charge >= 0.3 is 0 Å². The molecular formula is C20H18FN3O2. The Morgan fingerprint density at radius 1 is 1.04 bits per heavy atom. The van der Waals surface area contributed by atoms with Crippen LogP contribution in [0.1, 0.15) is 23.2 Å². The molecule has 0 saturated carbocycles. The van der Waals surface area contributed by atoms with E-state index in [1.165, 1.54) is 29.3 Å². The van der Waals surface area contributed by atoms with Crippen molar-refractivity contribution in [1.29, 1.82) is 0 Å². The van der Waals surface area contributed by atoms with Gasteiger partial charge in [0.15, 0.2) is 17.9 Å². The lowest BCUT2D eigenvalue weighted by Crippen LogP contribution is -2.17. The van der Waals surface area contributed by atoms with Crippen molar-refractivity contribution in [1.82, 2.24) is 9.78 Å². The first kappa shape index (κ1) is 16.3. The second-order valence-corrected chi connectivity index (χ2v) is 6.37. The zero-order chi connectivity index (χ0) is 18.1. The predicted molar refractivity (Wildman–Crippen MR) is 97.5 cm³/mol. The fourth-order valence-corrected chi connectivity index (χ4v) is 3.27. The van der Waals surface area contributed by atoms with Gasteiger partial charge in [0, 0.05) is 36.6 Å². The average Bonchev–Trinajstić information content (AvgIpc) is 3.36. The van der Waals surface area contributed by atoms with E-state index in [9.17, 15) is 14.3 Å². The standard InChI is InChI=1S/C20H18FN3O2/c21-18-12-17(11-15(13-25)20(18)26)24-10-7-19(22-24)14-3-5-16(6-4-14)23-8-1-2-9-23/h3-7,10-13,26H,1-2,8-9H2. The number of nitrogens with zero attached hydrogens (tertiary/aromatic N) is 3. The van der Waals surface area contributed by atoms with Gasteiger partial charge in [0.05, 0.1) is 16.9 Å². The summed E-state index contributed by atoms with van der Waals surface area (Å²) in [5.74, 6) is -1.50. The van der Waals surface area contributed by atoms with Crippen LogP contribution in [-0.4, -0.2) is 34.3 Å².